The molecular weight excluding hydrogens is 247 g/mol. The minimum Gasteiger partial charge on any atom is -0.496 e. The summed E-state index contributed by atoms with van der Waals surface area (Å²) in [6, 6.07) is 1.61. The van der Waals surface area contributed by atoms with Gasteiger partial charge in [-0.25, -0.2) is 4.39 Å². The van der Waals surface area contributed by atoms with Crippen molar-refractivity contribution in [3.63, 3.8) is 0 Å². The number of ether oxygens (including phenoxy) is 1. The number of hydrogen-bond donors (Lipinski definition) is 1. The second-order valence-corrected chi connectivity index (χ2v) is 5.49. The van der Waals surface area contributed by atoms with E-state index in [0.29, 0.717) is 36.1 Å². The van der Waals surface area contributed by atoms with Crippen LogP contribution in [0.4, 0.5) is 4.39 Å². The van der Waals surface area contributed by atoms with E-state index in [9.17, 15) is 14.3 Å². The van der Waals surface area contributed by atoms with Crippen molar-refractivity contribution in [3.8, 4) is 5.75 Å². The van der Waals surface area contributed by atoms with Crippen LogP contribution in [0.1, 0.15) is 42.4 Å². The topological polar surface area (TPSA) is 46.5 Å². The summed E-state index contributed by atoms with van der Waals surface area (Å²) in [7, 11) is 1.56. The molecule has 1 fully saturated rings. The van der Waals surface area contributed by atoms with Crippen LogP contribution in [0.15, 0.2) is 6.07 Å². The average molecular weight is 264 g/mol. The lowest BCUT2D eigenvalue weighted by molar-refractivity contribution is -0.140. The van der Waals surface area contributed by atoms with Crippen LogP contribution in [-0.2, 0) is 23.1 Å². The molecule has 102 valence electrons. The second-order valence-electron chi connectivity index (χ2n) is 5.49. The first-order chi connectivity index (χ1) is 9.10. The first-order valence-electron chi connectivity index (χ1n) is 6.72. The summed E-state index contributed by atoms with van der Waals surface area (Å²) >= 11 is 0. The lowest BCUT2D eigenvalue weighted by Gasteiger charge is -2.23. The summed E-state index contributed by atoms with van der Waals surface area (Å²) < 4.78 is 20.0. The molecule has 19 heavy (non-hydrogen) atoms. The average Bonchev–Trinajstić information content (AvgIpc) is 3.21. The first-order valence-corrected chi connectivity index (χ1v) is 6.72. The summed E-state index contributed by atoms with van der Waals surface area (Å²) in [5.74, 6) is -0.585. The lowest BCUT2D eigenvalue weighted by atomic mass is 9.85. The number of benzene rings is 1. The van der Waals surface area contributed by atoms with Gasteiger partial charge in [0.2, 0.25) is 0 Å². The van der Waals surface area contributed by atoms with E-state index >= 15 is 0 Å². The van der Waals surface area contributed by atoms with E-state index in [1.807, 2.05) is 0 Å². The Morgan fingerprint density at radius 1 is 1.32 bits per heavy atom. The van der Waals surface area contributed by atoms with Crippen molar-refractivity contribution in [1.29, 1.82) is 0 Å². The maximum Gasteiger partial charge on any atom is 0.314 e. The van der Waals surface area contributed by atoms with Crippen molar-refractivity contribution in [2.75, 3.05) is 7.11 Å². The third-order valence-corrected chi connectivity index (χ3v) is 4.44. The molecule has 0 unspecified atom stereocenters. The van der Waals surface area contributed by atoms with E-state index in [4.69, 9.17) is 4.74 Å². The van der Waals surface area contributed by atoms with Crippen LogP contribution >= 0.6 is 0 Å². The molecule has 0 spiro atoms. The van der Waals surface area contributed by atoms with Gasteiger partial charge in [-0.3, -0.25) is 4.79 Å². The number of halogens is 1. The van der Waals surface area contributed by atoms with Crippen LogP contribution in [0.2, 0.25) is 0 Å². The molecule has 2 aliphatic rings. The van der Waals surface area contributed by atoms with Crippen molar-refractivity contribution in [2.24, 2.45) is 0 Å². The number of carbonyl (C=O) groups is 1. The maximum atomic E-state index is 14.6. The largest absolute Gasteiger partial charge is 0.496 e. The summed E-state index contributed by atoms with van der Waals surface area (Å²) in [6.45, 7) is 0. The fourth-order valence-corrected chi connectivity index (χ4v) is 3.12. The van der Waals surface area contributed by atoms with Crippen molar-refractivity contribution >= 4 is 5.97 Å². The van der Waals surface area contributed by atoms with E-state index in [2.05, 4.69) is 0 Å². The molecule has 0 aromatic heterocycles. The quantitative estimate of drug-likeness (QED) is 0.913. The summed E-state index contributed by atoms with van der Waals surface area (Å²) in [6.07, 6.45) is 4.52. The first kappa shape index (κ1) is 12.5. The zero-order chi connectivity index (χ0) is 13.6. The van der Waals surface area contributed by atoms with Gasteiger partial charge in [-0.1, -0.05) is 0 Å². The maximum absolute atomic E-state index is 14.6. The van der Waals surface area contributed by atoms with Crippen LogP contribution in [0.5, 0.6) is 5.75 Å². The molecule has 2 aliphatic carbocycles. The molecule has 0 amide bonds. The molecule has 0 radical (unpaired) electrons. The van der Waals surface area contributed by atoms with Gasteiger partial charge < -0.3 is 9.84 Å². The SMILES string of the molecule is COc1cc(C2(C(=O)O)CC2)c(F)c2c1CCCC2. The standard InChI is InChI=1S/C15H17FO3/c1-19-12-8-11(15(6-7-15)14(17)18)13(16)10-5-3-2-4-9(10)12/h8H,2-7H2,1H3,(H,17,18). The number of aliphatic carboxylic acids is 1. The number of carboxylic acids is 1. The molecule has 0 aliphatic heterocycles. The van der Waals surface area contributed by atoms with Gasteiger partial charge in [-0.2, -0.15) is 0 Å². The molecule has 3 nitrogen and oxygen atoms in total. The Morgan fingerprint density at radius 3 is 2.47 bits per heavy atom. The van der Waals surface area contributed by atoms with Crippen LogP contribution in [0, 0.1) is 5.82 Å². The monoisotopic (exact) mass is 264 g/mol. The van der Waals surface area contributed by atoms with Crippen LogP contribution in [0.3, 0.4) is 0 Å². The third-order valence-electron chi connectivity index (χ3n) is 4.44. The predicted molar refractivity (Wildman–Crippen MR) is 68.1 cm³/mol. The smallest absolute Gasteiger partial charge is 0.314 e. The zero-order valence-electron chi connectivity index (χ0n) is 11.0. The normalized spacial score (nSPS) is 19.7. The van der Waals surface area contributed by atoms with Crippen molar-refractivity contribution in [1.82, 2.24) is 0 Å². The Labute approximate surface area is 111 Å². The number of methoxy groups -OCH3 is 1. The van der Waals surface area contributed by atoms with Gasteiger partial charge in [0.15, 0.2) is 0 Å². The van der Waals surface area contributed by atoms with Gasteiger partial charge in [-0.05, 0) is 50.2 Å². The minimum absolute atomic E-state index is 0.310. The van der Waals surface area contributed by atoms with Crippen LogP contribution < -0.4 is 4.74 Å². The summed E-state index contributed by atoms with van der Waals surface area (Å²) in [5.41, 5.74) is 0.908. The molecule has 1 N–H and O–H groups in total. The van der Waals surface area contributed by atoms with E-state index in [1.54, 1.807) is 13.2 Å². The minimum atomic E-state index is -1.01. The van der Waals surface area contributed by atoms with E-state index < -0.39 is 11.4 Å². The van der Waals surface area contributed by atoms with Gasteiger partial charge in [0.1, 0.15) is 11.6 Å². The van der Waals surface area contributed by atoms with Gasteiger partial charge in [0.05, 0.1) is 12.5 Å². The van der Waals surface area contributed by atoms with Gasteiger partial charge >= 0.3 is 5.97 Å². The number of rotatable bonds is 3. The van der Waals surface area contributed by atoms with Gasteiger partial charge in [0, 0.05) is 11.1 Å². The van der Waals surface area contributed by atoms with Gasteiger partial charge in [-0.15, -0.1) is 0 Å². The molecule has 1 aromatic rings. The van der Waals surface area contributed by atoms with Crippen molar-refractivity contribution in [3.05, 3.63) is 28.6 Å². The Kier molecular flexibility index (Phi) is 2.77. The molecule has 3 rings (SSSR count). The number of carboxylic acid groups (broad SMARTS) is 1. The Bertz CT molecular complexity index is 547. The Hall–Kier alpha value is -1.58. The van der Waals surface area contributed by atoms with E-state index in [-0.39, 0.29) is 5.82 Å². The molecule has 1 aromatic carbocycles. The van der Waals surface area contributed by atoms with Crippen LogP contribution in [-0.4, -0.2) is 18.2 Å². The van der Waals surface area contributed by atoms with Gasteiger partial charge in [0.25, 0.3) is 0 Å². The van der Waals surface area contributed by atoms with E-state index in [0.717, 1.165) is 24.8 Å². The highest BCUT2D eigenvalue weighted by molar-refractivity contribution is 5.85. The molecular formula is C15H17FO3. The van der Waals surface area contributed by atoms with Crippen molar-refractivity contribution < 1.29 is 19.0 Å². The summed E-state index contributed by atoms with van der Waals surface area (Å²) in [5, 5.41) is 9.34. The fourth-order valence-electron chi connectivity index (χ4n) is 3.12. The molecule has 0 bridgehead atoms. The number of hydrogen-bond acceptors (Lipinski definition) is 2. The highest BCUT2D eigenvalue weighted by atomic mass is 19.1. The lowest BCUT2D eigenvalue weighted by Crippen LogP contribution is -2.23. The predicted octanol–water partition coefficient (Wildman–Crippen LogP) is 2.83. The van der Waals surface area contributed by atoms with Crippen molar-refractivity contribution in [2.45, 2.75) is 43.9 Å². The molecule has 4 heteroatoms. The summed E-state index contributed by atoms with van der Waals surface area (Å²) in [4.78, 5) is 11.4. The Balaban J connectivity index is 2.19. The third kappa shape index (κ3) is 1.73. The molecule has 0 saturated heterocycles. The molecule has 1 saturated carbocycles. The van der Waals surface area contributed by atoms with Crippen LogP contribution in [0.25, 0.3) is 0 Å². The van der Waals surface area contributed by atoms with E-state index in [1.165, 1.54) is 0 Å². The Morgan fingerprint density at radius 2 is 1.95 bits per heavy atom. The molecule has 0 heterocycles. The fraction of sp³-hybridized carbons (Fsp3) is 0.533. The highest BCUT2D eigenvalue weighted by Crippen LogP contribution is 2.51. The highest BCUT2D eigenvalue weighted by Gasteiger charge is 2.54. The second kappa shape index (κ2) is 4.22. The zero-order valence-corrected chi connectivity index (χ0v) is 11.0. The molecule has 0 atom stereocenters. The number of fused-ring (bicyclic) bond motifs is 1.